The van der Waals surface area contributed by atoms with Crippen molar-refractivity contribution in [2.45, 2.75) is 17.7 Å². The van der Waals surface area contributed by atoms with Gasteiger partial charge in [-0.2, -0.15) is 0 Å². The van der Waals surface area contributed by atoms with E-state index >= 15 is 0 Å². The number of nitro benzene ring substituents is 1. The predicted molar refractivity (Wildman–Crippen MR) is 91.6 cm³/mol. The lowest BCUT2D eigenvalue weighted by Gasteiger charge is -2.16. The Morgan fingerprint density at radius 1 is 1.04 bits per heavy atom. The maximum absolute atomic E-state index is 11.4. The van der Waals surface area contributed by atoms with Gasteiger partial charge in [0.1, 0.15) is 15.8 Å². The first-order chi connectivity index (χ1) is 12.2. The SMILES string of the molecule is O=C1CCCN1c1ccc(S(=O)(=O)[O-])cc1.[NH3+]c1ccc([N+](=O)[O-])cc1. The molecule has 26 heavy (non-hydrogen) atoms. The van der Waals surface area contributed by atoms with Crippen LogP contribution < -0.4 is 10.6 Å². The number of anilines is 1. The fourth-order valence-corrected chi connectivity index (χ4v) is 2.80. The molecule has 0 atom stereocenters. The molecule has 0 bridgehead atoms. The van der Waals surface area contributed by atoms with Crippen LogP contribution in [-0.2, 0) is 14.9 Å². The van der Waals surface area contributed by atoms with E-state index in [0.717, 1.165) is 12.1 Å². The number of nitrogens with zero attached hydrogens (tertiary/aromatic N) is 2. The first-order valence-electron chi connectivity index (χ1n) is 7.61. The van der Waals surface area contributed by atoms with Crippen LogP contribution in [0.1, 0.15) is 12.8 Å². The first kappa shape index (κ1) is 19.5. The van der Waals surface area contributed by atoms with Gasteiger partial charge in [-0.15, -0.1) is 0 Å². The molecule has 1 aliphatic heterocycles. The standard InChI is InChI=1S/C10H11NO4S.C6H6N2O2/c12-10-2-1-7-11(10)8-3-5-9(6-4-8)16(13,14)15;7-5-1-3-6(4-2-5)8(9)10/h3-6H,1-2,7H2,(H,13,14,15);1-4H,7H2. The third kappa shape index (κ3) is 5.09. The Kier molecular flexibility index (Phi) is 6.03. The first-order valence-corrected chi connectivity index (χ1v) is 9.02. The number of hydrogen-bond acceptors (Lipinski definition) is 6. The molecule has 9 nitrogen and oxygen atoms in total. The molecule has 0 unspecified atom stereocenters. The van der Waals surface area contributed by atoms with E-state index < -0.39 is 15.0 Å². The Morgan fingerprint density at radius 3 is 2.04 bits per heavy atom. The van der Waals surface area contributed by atoms with Crippen LogP contribution in [0.25, 0.3) is 0 Å². The van der Waals surface area contributed by atoms with Crippen molar-refractivity contribution < 1.29 is 28.4 Å². The molecule has 1 fully saturated rings. The number of nitro groups is 1. The monoisotopic (exact) mass is 379 g/mol. The molecule has 3 N–H and O–H groups in total. The Morgan fingerprint density at radius 2 is 1.62 bits per heavy atom. The second-order valence-electron chi connectivity index (χ2n) is 5.52. The van der Waals surface area contributed by atoms with E-state index in [1.54, 1.807) is 17.0 Å². The zero-order chi connectivity index (χ0) is 19.3. The second-order valence-corrected chi connectivity index (χ2v) is 6.90. The van der Waals surface area contributed by atoms with Crippen molar-refractivity contribution >= 4 is 33.1 Å². The molecule has 0 spiro atoms. The van der Waals surface area contributed by atoms with Crippen LogP contribution in [0, 0.1) is 10.1 Å². The van der Waals surface area contributed by atoms with Gasteiger partial charge in [0.05, 0.1) is 9.82 Å². The van der Waals surface area contributed by atoms with Crippen molar-refractivity contribution in [1.29, 1.82) is 0 Å². The lowest BCUT2D eigenvalue weighted by atomic mass is 10.3. The van der Waals surface area contributed by atoms with Crippen molar-refractivity contribution in [2.24, 2.45) is 0 Å². The fourth-order valence-electron chi connectivity index (χ4n) is 2.33. The molecule has 10 heteroatoms. The summed E-state index contributed by atoms with van der Waals surface area (Å²) < 4.78 is 32.1. The van der Waals surface area contributed by atoms with Crippen LogP contribution >= 0.6 is 0 Å². The lowest BCUT2D eigenvalue weighted by Crippen LogP contribution is -2.39. The van der Waals surface area contributed by atoms with Crippen LogP contribution in [-0.4, -0.2) is 30.3 Å². The molecule has 1 saturated heterocycles. The Hall–Kier alpha value is -2.82. The molecule has 0 saturated carbocycles. The average Bonchev–Trinajstić information content (AvgIpc) is 3.01. The van der Waals surface area contributed by atoms with Crippen molar-refractivity contribution in [1.82, 2.24) is 0 Å². The van der Waals surface area contributed by atoms with E-state index in [0.29, 0.717) is 18.7 Å². The summed E-state index contributed by atoms with van der Waals surface area (Å²) in [5, 5.41) is 10.1. The van der Waals surface area contributed by atoms with Crippen LogP contribution in [0.5, 0.6) is 0 Å². The normalized spacial score (nSPS) is 13.9. The molecule has 1 amide bonds. The summed E-state index contributed by atoms with van der Waals surface area (Å²) in [5.74, 6) is 0.0257. The van der Waals surface area contributed by atoms with Crippen molar-refractivity contribution in [3.63, 3.8) is 0 Å². The smallest absolute Gasteiger partial charge is 0.269 e. The van der Waals surface area contributed by atoms with E-state index in [2.05, 4.69) is 5.73 Å². The van der Waals surface area contributed by atoms with E-state index in [1.807, 2.05) is 0 Å². The quantitative estimate of drug-likeness (QED) is 0.481. The number of non-ortho nitro benzene ring substituents is 1. The molecule has 2 aromatic rings. The van der Waals surface area contributed by atoms with E-state index in [1.165, 1.54) is 36.4 Å². The molecular weight excluding hydrogens is 362 g/mol. The van der Waals surface area contributed by atoms with Gasteiger partial charge in [-0.1, -0.05) is 0 Å². The van der Waals surface area contributed by atoms with Crippen LogP contribution in [0.2, 0.25) is 0 Å². The number of hydrogen-bond donors (Lipinski definition) is 1. The zero-order valence-corrected chi connectivity index (χ0v) is 14.5. The largest absolute Gasteiger partial charge is 0.744 e. The minimum Gasteiger partial charge on any atom is -0.744 e. The van der Waals surface area contributed by atoms with Gasteiger partial charge in [0.2, 0.25) is 5.91 Å². The summed E-state index contributed by atoms with van der Waals surface area (Å²) in [6.45, 7) is 0.641. The van der Waals surface area contributed by atoms with Gasteiger partial charge in [0.25, 0.3) is 5.69 Å². The maximum atomic E-state index is 11.4. The lowest BCUT2D eigenvalue weighted by molar-refractivity contribution is -0.385. The maximum Gasteiger partial charge on any atom is 0.269 e. The minimum atomic E-state index is -4.41. The van der Waals surface area contributed by atoms with Crippen molar-refractivity contribution in [2.75, 3.05) is 11.4 Å². The van der Waals surface area contributed by atoms with E-state index in [4.69, 9.17) is 0 Å². The second kappa shape index (κ2) is 8.04. The molecule has 0 radical (unpaired) electrons. The van der Waals surface area contributed by atoms with E-state index in [9.17, 15) is 27.9 Å². The number of carbonyl (C=O) groups excluding carboxylic acids is 1. The number of quaternary nitrogens is 1. The molecule has 1 heterocycles. The van der Waals surface area contributed by atoms with Crippen LogP contribution in [0.4, 0.5) is 17.1 Å². The topological polar surface area (TPSA) is 148 Å². The Labute approximate surface area is 149 Å². The molecule has 3 rings (SSSR count). The Balaban J connectivity index is 0.000000209. The number of carbonyl (C=O) groups is 1. The highest BCUT2D eigenvalue weighted by Crippen LogP contribution is 2.22. The van der Waals surface area contributed by atoms with Gasteiger partial charge in [-0.25, -0.2) is 8.42 Å². The number of amides is 1. The Bertz CT molecular complexity index is 895. The molecule has 0 aromatic heterocycles. The molecule has 0 aliphatic carbocycles. The van der Waals surface area contributed by atoms with Gasteiger partial charge in [-0.05, 0) is 30.7 Å². The predicted octanol–water partition coefficient (Wildman–Crippen LogP) is 1.19. The minimum absolute atomic E-state index is 0.0257. The third-order valence-electron chi connectivity index (χ3n) is 3.66. The highest BCUT2D eigenvalue weighted by molar-refractivity contribution is 7.85. The van der Waals surface area contributed by atoms with Crippen molar-refractivity contribution in [3.05, 3.63) is 58.6 Å². The summed E-state index contributed by atoms with van der Waals surface area (Å²) >= 11 is 0. The third-order valence-corrected chi connectivity index (χ3v) is 4.51. The van der Waals surface area contributed by atoms with Gasteiger partial charge < -0.3 is 15.2 Å². The van der Waals surface area contributed by atoms with Crippen LogP contribution in [0.3, 0.4) is 0 Å². The molecule has 1 aliphatic rings. The molecular formula is C16H17N3O6S. The van der Waals surface area contributed by atoms with Crippen LogP contribution in [0.15, 0.2) is 53.4 Å². The van der Waals surface area contributed by atoms with Gasteiger partial charge in [0, 0.05) is 42.9 Å². The summed E-state index contributed by atoms with van der Waals surface area (Å²) in [7, 11) is -4.41. The molecule has 138 valence electrons. The van der Waals surface area contributed by atoms with E-state index in [-0.39, 0.29) is 16.5 Å². The number of rotatable bonds is 3. The summed E-state index contributed by atoms with van der Waals surface area (Å²) in [5.41, 5.74) is 5.12. The van der Waals surface area contributed by atoms with Crippen molar-refractivity contribution in [3.8, 4) is 0 Å². The van der Waals surface area contributed by atoms with Gasteiger partial charge in [0.15, 0.2) is 0 Å². The van der Waals surface area contributed by atoms with Gasteiger partial charge >= 0.3 is 0 Å². The summed E-state index contributed by atoms with van der Waals surface area (Å²) in [6, 6.07) is 11.5. The highest BCUT2D eigenvalue weighted by Gasteiger charge is 2.21. The average molecular weight is 379 g/mol. The fraction of sp³-hybridized carbons (Fsp3) is 0.188. The number of benzene rings is 2. The summed E-state index contributed by atoms with van der Waals surface area (Å²) in [4.78, 5) is 22.4. The summed E-state index contributed by atoms with van der Waals surface area (Å²) in [6.07, 6.45) is 1.32. The van der Waals surface area contributed by atoms with Gasteiger partial charge in [-0.3, -0.25) is 14.9 Å². The molecule has 2 aromatic carbocycles. The zero-order valence-electron chi connectivity index (χ0n) is 13.7. The highest BCUT2D eigenvalue weighted by atomic mass is 32.2.